The van der Waals surface area contributed by atoms with Crippen molar-refractivity contribution in [3.63, 3.8) is 0 Å². The van der Waals surface area contributed by atoms with E-state index in [0.717, 1.165) is 22.5 Å². The van der Waals surface area contributed by atoms with E-state index in [1.54, 1.807) is 0 Å². The van der Waals surface area contributed by atoms with E-state index in [-0.39, 0.29) is 25.5 Å². The molecule has 0 aliphatic heterocycles. The molecule has 0 saturated carbocycles. The number of rotatable bonds is 3. The zero-order valence-corrected chi connectivity index (χ0v) is 25.7. The molecule has 0 fully saturated rings. The molecule has 2 nitrogen and oxygen atoms in total. The van der Waals surface area contributed by atoms with Gasteiger partial charge < -0.3 is 9.97 Å². The number of nitrogens with zero attached hydrogens (tertiary/aromatic N) is 2. The Balaban J connectivity index is 0.000000204. The van der Waals surface area contributed by atoms with E-state index in [1.165, 1.54) is 38.9 Å². The number of aryl methyl sites for hydroxylation is 1. The second kappa shape index (κ2) is 12.1. The summed E-state index contributed by atoms with van der Waals surface area (Å²) < 4.78 is 0. The van der Waals surface area contributed by atoms with Gasteiger partial charge in [0.2, 0.25) is 0 Å². The quantitative estimate of drug-likeness (QED) is 0.172. The summed E-state index contributed by atoms with van der Waals surface area (Å²) in [5, 5.41) is 0. The summed E-state index contributed by atoms with van der Waals surface area (Å²) in [6, 6.07) is 46.2. The van der Waals surface area contributed by atoms with Crippen LogP contribution in [0.25, 0.3) is 44.8 Å². The van der Waals surface area contributed by atoms with Crippen molar-refractivity contribution in [1.82, 2.24) is 9.97 Å². The van der Waals surface area contributed by atoms with Crippen LogP contribution in [-0.4, -0.2) is 9.97 Å². The molecule has 0 unspecified atom stereocenters. The summed E-state index contributed by atoms with van der Waals surface area (Å²) in [4.78, 5) is 8.80. The monoisotopic (exact) mass is 707 g/mol. The first-order chi connectivity index (χ1) is 19.5. The first-order valence-electron chi connectivity index (χ1n) is 13.6. The molecule has 6 aromatic rings. The Morgan fingerprint density at radius 3 is 2.12 bits per heavy atom. The predicted molar refractivity (Wildman–Crippen MR) is 165 cm³/mol. The maximum absolute atomic E-state index is 4.49. The Morgan fingerprint density at radius 1 is 0.610 bits per heavy atom. The smallest absolute Gasteiger partial charge is 0.0164 e. The number of hydrogen-bond acceptors (Lipinski definition) is 2. The Labute approximate surface area is 256 Å². The molecule has 3 heteroatoms. The van der Waals surface area contributed by atoms with E-state index in [0.29, 0.717) is 0 Å². The van der Waals surface area contributed by atoms with Crippen LogP contribution in [-0.2, 0) is 25.5 Å². The average molecular weight is 707 g/mol. The van der Waals surface area contributed by atoms with Crippen LogP contribution in [0.4, 0.5) is 0 Å². The second-order valence-electron chi connectivity index (χ2n) is 10.5. The van der Waals surface area contributed by atoms with Crippen molar-refractivity contribution in [3.05, 3.63) is 156 Å². The zero-order valence-electron chi connectivity index (χ0n) is 23.4. The van der Waals surface area contributed by atoms with Gasteiger partial charge in [-0.15, -0.1) is 71.3 Å². The summed E-state index contributed by atoms with van der Waals surface area (Å²) in [6.07, 6.45) is 3.64. The van der Waals surface area contributed by atoms with Gasteiger partial charge in [0, 0.05) is 37.9 Å². The fourth-order valence-corrected chi connectivity index (χ4v) is 5.70. The molecule has 7 rings (SSSR count). The zero-order chi connectivity index (χ0) is 27.5. The summed E-state index contributed by atoms with van der Waals surface area (Å²) >= 11 is 0. The Morgan fingerprint density at radius 2 is 1.34 bits per heavy atom. The van der Waals surface area contributed by atoms with Crippen molar-refractivity contribution >= 4 is 0 Å². The van der Waals surface area contributed by atoms with Crippen LogP contribution in [0.5, 0.6) is 0 Å². The molecule has 203 valence electrons. The van der Waals surface area contributed by atoms with Crippen LogP contribution in [0.3, 0.4) is 0 Å². The minimum absolute atomic E-state index is 0. The van der Waals surface area contributed by atoms with E-state index in [2.05, 4.69) is 104 Å². The van der Waals surface area contributed by atoms with Gasteiger partial charge in [-0.1, -0.05) is 80.1 Å². The summed E-state index contributed by atoms with van der Waals surface area (Å²) in [5.41, 5.74) is 13.2. The molecule has 2 heterocycles. The summed E-state index contributed by atoms with van der Waals surface area (Å²) in [5.74, 6) is 0. The summed E-state index contributed by atoms with van der Waals surface area (Å²) in [7, 11) is 0. The van der Waals surface area contributed by atoms with Crippen molar-refractivity contribution in [2.45, 2.75) is 26.2 Å². The fourth-order valence-electron chi connectivity index (χ4n) is 5.70. The van der Waals surface area contributed by atoms with Crippen LogP contribution in [0.1, 0.15) is 30.5 Å². The first-order valence-corrected chi connectivity index (χ1v) is 13.6. The molecule has 0 N–H and O–H groups in total. The number of hydrogen-bond donors (Lipinski definition) is 0. The Hall–Kier alpha value is -4.17. The molecule has 0 amide bonds. The Bertz CT molecular complexity index is 1780. The number of pyridine rings is 2. The van der Waals surface area contributed by atoms with Crippen LogP contribution in [0.15, 0.2) is 128 Å². The van der Waals surface area contributed by atoms with Crippen molar-refractivity contribution in [1.29, 1.82) is 0 Å². The van der Waals surface area contributed by atoms with Gasteiger partial charge in [-0.2, -0.15) is 0 Å². The third-order valence-electron chi connectivity index (χ3n) is 7.61. The molecule has 41 heavy (non-hydrogen) atoms. The molecule has 4 aromatic carbocycles. The molecule has 2 aromatic heterocycles. The van der Waals surface area contributed by atoms with Crippen LogP contribution >= 0.6 is 0 Å². The van der Waals surface area contributed by atoms with E-state index in [9.17, 15) is 0 Å². The molecule has 0 bridgehead atoms. The standard InChI is InChI=1S/C26H20N.C12H10N.Ir/c1-26(2)23-14-4-3-11-21(23)22-13-8-12-20(25(22)26)18-9-7-10-19(17-18)24-15-5-6-16-27-24;1-10-6-5-9-13-12(10)11-7-3-2-4-8-11;/h3-9,11-17H,1-2H3;2-7,9H,1H3;/q2*-1;. The number of aromatic nitrogens is 2. The van der Waals surface area contributed by atoms with Crippen LogP contribution < -0.4 is 0 Å². The van der Waals surface area contributed by atoms with E-state index < -0.39 is 0 Å². The van der Waals surface area contributed by atoms with Gasteiger partial charge in [-0.3, -0.25) is 0 Å². The molecule has 1 aliphatic rings. The third-order valence-corrected chi connectivity index (χ3v) is 7.61. The van der Waals surface area contributed by atoms with Crippen LogP contribution in [0.2, 0.25) is 0 Å². The van der Waals surface area contributed by atoms with Gasteiger partial charge in [0.1, 0.15) is 0 Å². The second-order valence-corrected chi connectivity index (χ2v) is 10.5. The van der Waals surface area contributed by atoms with Gasteiger partial charge in [0.25, 0.3) is 0 Å². The molecule has 0 atom stereocenters. The van der Waals surface area contributed by atoms with E-state index >= 15 is 0 Å². The maximum Gasteiger partial charge on any atom is 0.0164 e. The van der Waals surface area contributed by atoms with Crippen molar-refractivity contribution in [3.8, 4) is 44.8 Å². The van der Waals surface area contributed by atoms with Gasteiger partial charge in [-0.05, 0) is 58.3 Å². The molecular formula is C38H30IrN2-2. The molecular weight excluding hydrogens is 677 g/mol. The SMILES string of the molecule is CC1(C)c2ccccc2-c2cccc(-c3cc[c-]c(-c4ccccn4)c3)c21.Cc1cccnc1-c1[c-]cccc1.[Ir]. The summed E-state index contributed by atoms with van der Waals surface area (Å²) in [6.45, 7) is 6.72. The van der Waals surface area contributed by atoms with Gasteiger partial charge in [0.05, 0.1) is 0 Å². The van der Waals surface area contributed by atoms with E-state index in [1.807, 2.05) is 67.0 Å². The van der Waals surface area contributed by atoms with Crippen molar-refractivity contribution < 1.29 is 20.1 Å². The minimum Gasteiger partial charge on any atom is -0.305 e. The molecule has 0 saturated heterocycles. The number of fused-ring (bicyclic) bond motifs is 3. The van der Waals surface area contributed by atoms with Crippen molar-refractivity contribution in [2.24, 2.45) is 0 Å². The van der Waals surface area contributed by atoms with Crippen molar-refractivity contribution in [2.75, 3.05) is 0 Å². The number of benzene rings is 4. The van der Waals surface area contributed by atoms with Gasteiger partial charge >= 0.3 is 0 Å². The molecule has 1 radical (unpaired) electrons. The van der Waals surface area contributed by atoms with Gasteiger partial charge in [-0.25, -0.2) is 0 Å². The average Bonchev–Trinajstić information content (AvgIpc) is 3.25. The third kappa shape index (κ3) is 5.57. The Kier molecular flexibility index (Phi) is 8.40. The predicted octanol–water partition coefficient (Wildman–Crippen LogP) is 9.38. The normalized spacial score (nSPS) is 12.3. The molecule has 0 spiro atoms. The first kappa shape index (κ1) is 28.4. The largest absolute Gasteiger partial charge is 0.305 e. The van der Waals surface area contributed by atoms with Gasteiger partial charge in [0.15, 0.2) is 0 Å². The molecule has 1 aliphatic carbocycles. The fraction of sp³-hybridized carbons (Fsp3) is 0.105. The topological polar surface area (TPSA) is 25.8 Å². The van der Waals surface area contributed by atoms with Crippen LogP contribution in [0, 0.1) is 19.1 Å². The van der Waals surface area contributed by atoms with E-state index in [4.69, 9.17) is 0 Å². The maximum atomic E-state index is 4.49. The minimum atomic E-state index is -0.0206.